The number of fused-ring (bicyclic) bond motifs is 1. The quantitative estimate of drug-likeness (QED) is 0.709. The number of benzene rings is 1. The number of phenolic OH excluding ortho intramolecular Hbond substituents is 1. The van der Waals surface area contributed by atoms with E-state index in [0.717, 1.165) is 0 Å². The Morgan fingerprint density at radius 1 is 1.32 bits per heavy atom. The van der Waals surface area contributed by atoms with Crippen LogP contribution >= 0.6 is 11.6 Å². The maximum absolute atomic E-state index is 9.68. The molecule has 3 aromatic rings. The van der Waals surface area contributed by atoms with E-state index in [2.05, 4.69) is 15.1 Å². The minimum Gasteiger partial charge on any atom is -0.506 e. The van der Waals surface area contributed by atoms with Crippen LogP contribution in [0.25, 0.3) is 22.3 Å². The first-order valence-corrected chi connectivity index (χ1v) is 5.88. The number of hydrogen-bond acceptors (Lipinski definition) is 5. The molecule has 0 fully saturated rings. The van der Waals surface area contributed by atoms with Crippen molar-refractivity contribution in [3.8, 4) is 17.0 Å². The average molecular weight is 276 g/mol. The Balaban J connectivity index is 2.33. The zero-order valence-electron chi connectivity index (χ0n) is 10.0. The number of aromatic nitrogens is 4. The molecule has 0 unspecified atom stereocenters. The van der Waals surface area contributed by atoms with Gasteiger partial charge in [-0.2, -0.15) is 5.10 Å². The van der Waals surface area contributed by atoms with Crippen LogP contribution < -0.4 is 5.73 Å². The van der Waals surface area contributed by atoms with Crippen LogP contribution in [0.1, 0.15) is 0 Å². The Bertz CT molecular complexity index is 783. The van der Waals surface area contributed by atoms with Gasteiger partial charge in [0.15, 0.2) is 5.65 Å². The van der Waals surface area contributed by atoms with Crippen molar-refractivity contribution in [2.24, 2.45) is 7.05 Å². The van der Waals surface area contributed by atoms with Gasteiger partial charge in [0.1, 0.15) is 23.6 Å². The molecular formula is C12H10ClN5O. The van der Waals surface area contributed by atoms with E-state index in [1.807, 2.05) is 0 Å². The number of nitrogens with zero attached hydrogens (tertiary/aromatic N) is 4. The van der Waals surface area contributed by atoms with Crippen LogP contribution in [0.4, 0.5) is 5.82 Å². The second kappa shape index (κ2) is 4.10. The van der Waals surface area contributed by atoms with Gasteiger partial charge < -0.3 is 10.8 Å². The summed E-state index contributed by atoms with van der Waals surface area (Å²) >= 11 is 5.80. The average Bonchev–Trinajstić information content (AvgIpc) is 2.72. The van der Waals surface area contributed by atoms with Gasteiger partial charge in [-0.3, -0.25) is 0 Å². The van der Waals surface area contributed by atoms with Crippen LogP contribution in [0.2, 0.25) is 5.02 Å². The Kier molecular flexibility index (Phi) is 2.53. The normalized spacial score (nSPS) is 11.1. The van der Waals surface area contributed by atoms with Crippen molar-refractivity contribution in [1.82, 2.24) is 19.7 Å². The van der Waals surface area contributed by atoms with E-state index >= 15 is 0 Å². The van der Waals surface area contributed by atoms with Gasteiger partial charge in [0.25, 0.3) is 0 Å². The predicted molar refractivity (Wildman–Crippen MR) is 72.8 cm³/mol. The summed E-state index contributed by atoms with van der Waals surface area (Å²) in [4.78, 5) is 8.12. The lowest BCUT2D eigenvalue weighted by Crippen LogP contribution is -1.95. The van der Waals surface area contributed by atoms with Crippen LogP contribution in [0.5, 0.6) is 5.75 Å². The molecule has 0 spiro atoms. The highest BCUT2D eigenvalue weighted by atomic mass is 35.5. The highest BCUT2D eigenvalue weighted by Crippen LogP contribution is 2.33. The Labute approximate surface area is 113 Å². The van der Waals surface area contributed by atoms with E-state index in [4.69, 9.17) is 17.3 Å². The molecule has 0 amide bonds. The lowest BCUT2D eigenvalue weighted by Gasteiger charge is -2.01. The van der Waals surface area contributed by atoms with Gasteiger partial charge in [-0.25, -0.2) is 14.6 Å². The van der Waals surface area contributed by atoms with E-state index < -0.39 is 0 Å². The molecule has 0 saturated carbocycles. The maximum Gasteiger partial charge on any atom is 0.163 e. The van der Waals surface area contributed by atoms with Gasteiger partial charge in [-0.05, 0) is 12.1 Å². The van der Waals surface area contributed by atoms with E-state index in [-0.39, 0.29) is 10.8 Å². The molecule has 19 heavy (non-hydrogen) atoms. The van der Waals surface area contributed by atoms with Crippen molar-refractivity contribution in [2.45, 2.75) is 0 Å². The van der Waals surface area contributed by atoms with E-state index in [1.165, 1.54) is 12.4 Å². The van der Waals surface area contributed by atoms with Gasteiger partial charge in [0, 0.05) is 12.6 Å². The minimum absolute atomic E-state index is 0.00612. The number of hydrogen-bond donors (Lipinski definition) is 2. The molecule has 0 atom stereocenters. The van der Waals surface area contributed by atoms with Gasteiger partial charge >= 0.3 is 0 Å². The second-order valence-corrected chi connectivity index (χ2v) is 4.50. The Morgan fingerprint density at radius 2 is 2.11 bits per heavy atom. The summed E-state index contributed by atoms with van der Waals surface area (Å²) < 4.78 is 1.62. The number of aromatic hydroxyl groups is 1. The number of aryl methyl sites for hydroxylation is 1. The molecule has 1 aromatic carbocycles. The first-order valence-electron chi connectivity index (χ1n) is 5.50. The van der Waals surface area contributed by atoms with Crippen molar-refractivity contribution < 1.29 is 5.11 Å². The third-order valence-corrected chi connectivity index (χ3v) is 3.19. The third-order valence-electron chi connectivity index (χ3n) is 2.87. The van der Waals surface area contributed by atoms with Crippen molar-refractivity contribution >= 4 is 28.5 Å². The predicted octanol–water partition coefficient (Wildman–Crippen LogP) is 1.97. The zero-order valence-corrected chi connectivity index (χ0v) is 10.8. The molecule has 0 bridgehead atoms. The molecule has 3 N–H and O–H groups in total. The van der Waals surface area contributed by atoms with Gasteiger partial charge in [0.2, 0.25) is 0 Å². The van der Waals surface area contributed by atoms with Crippen molar-refractivity contribution in [3.63, 3.8) is 0 Å². The van der Waals surface area contributed by atoms with Crippen LogP contribution in [0.3, 0.4) is 0 Å². The SMILES string of the molecule is Cn1nc(-c2ccc(Cl)c(O)c2)c2c(N)ncnc21. The van der Waals surface area contributed by atoms with Crippen LogP contribution in [-0.4, -0.2) is 24.9 Å². The second-order valence-electron chi connectivity index (χ2n) is 4.10. The molecule has 2 aromatic heterocycles. The number of anilines is 1. The van der Waals surface area contributed by atoms with Gasteiger partial charge in [-0.15, -0.1) is 0 Å². The number of halogens is 1. The first-order chi connectivity index (χ1) is 9.08. The first kappa shape index (κ1) is 11.7. The molecule has 0 aliphatic carbocycles. The molecule has 0 saturated heterocycles. The molecule has 6 nitrogen and oxygen atoms in total. The fourth-order valence-electron chi connectivity index (χ4n) is 1.97. The maximum atomic E-state index is 9.68. The fourth-order valence-corrected chi connectivity index (χ4v) is 2.09. The molecular weight excluding hydrogens is 266 g/mol. The number of phenols is 1. The summed E-state index contributed by atoms with van der Waals surface area (Å²) in [6, 6.07) is 4.90. The van der Waals surface area contributed by atoms with Crippen molar-refractivity contribution in [3.05, 3.63) is 29.5 Å². The summed E-state index contributed by atoms with van der Waals surface area (Å²) in [6.07, 6.45) is 1.39. The molecule has 0 aliphatic rings. The molecule has 0 aliphatic heterocycles. The lowest BCUT2D eigenvalue weighted by molar-refractivity contribution is 0.476. The summed E-state index contributed by atoms with van der Waals surface area (Å²) in [5.74, 6) is 0.343. The van der Waals surface area contributed by atoms with Crippen LogP contribution in [0, 0.1) is 0 Å². The van der Waals surface area contributed by atoms with E-state index in [9.17, 15) is 5.11 Å². The summed E-state index contributed by atoms with van der Waals surface area (Å²) in [7, 11) is 1.77. The molecule has 0 radical (unpaired) electrons. The summed E-state index contributed by atoms with van der Waals surface area (Å²) in [5.41, 5.74) is 7.83. The molecule has 2 heterocycles. The highest BCUT2D eigenvalue weighted by Gasteiger charge is 2.16. The van der Waals surface area contributed by atoms with E-state index in [1.54, 1.807) is 23.9 Å². The Hall–Kier alpha value is -2.34. The van der Waals surface area contributed by atoms with Gasteiger partial charge in [-0.1, -0.05) is 17.7 Å². The third kappa shape index (κ3) is 1.77. The molecule has 3 rings (SSSR count). The zero-order chi connectivity index (χ0) is 13.6. The topological polar surface area (TPSA) is 89.8 Å². The lowest BCUT2D eigenvalue weighted by atomic mass is 10.1. The monoisotopic (exact) mass is 275 g/mol. The molecule has 7 heteroatoms. The summed E-state index contributed by atoms with van der Waals surface area (Å²) in [5, 5.41) is 15.0. The van der Waals surface area contributed by atoms with Crippen molar-refractivity contribution in [1.29, 1.82) is 0 Å². The van der Waals surface area contributed by atoms with Crippen LogP contribution in [-0.2, 0) is 7.05 Å². The molecule has 96 valence electrons. The fraction of sp³-hybridized carbons (Fsp3) is 0.0833. The van der Waals surface area contributed by atoms with Crippen molar-refractivity contribution in [2.75, 3.05) is 5.73 Å². The number of rotatable bonds is 1. The van der Waals surface area contributed by atoms with Crippen LogP contribution in [0.15, 0.2) is 24.5 Å². The minimum atomic E-state index is -0.00612. The van der Waals surface area contributed by atoms with Gasteiger partial charge in [0.05, 0.1) is 10.4 Å². The van der Waals surface area contributed by atoms with E-state index in [0.29, 0.717) is 28.1 Å². The highest BCUT2D eigenvalue weighted by molar-refractivity contribution is 6.32. The summed E-state index contributed by atoms with van der Waals surface area (Å²) in [6.45, 7) is 0. The number of nitrogens with two attached hydrogens (primary N) is 1. The standard InChI is InChI=1S/C12H10ClN5O/c1-18-12-9(11(14)15-5-16-12)10(17-18)6-2-3-7(13)8(19)4-6/h2-5,19H,1H3,(H2,14,15,16). The Morgan fingerprint density at radius 3 is 2.84 bits per heavy atom. The largest absolute Gasteiger partial charge is 0.506 e. The smallest absolute Gasteiger partial charge is 0.163 e. The number of nitrogen functional groups attached to an aromatic ring is 1.